The Morgan fingerprint density at radius 3 is 2.34 bits per heavy atom. The zero-order valence-electron chi connectivity index (χ0n) is 26.1. The number of carbonyl (C=O) groups is 1. The van der Waals surface area contributed by atoms with E-state index in [0.717, 1.165) is 60.5 Å². The summed E-state index contributed by atoms with van der Waals surface area (Å²) in [6.07, 6.45) is 0.847. The van der Waals surface area contributed by atoms with E-state index in [4.69, 9.17) is 19.2 Å². The predicted octanol–water partition coefficient (Wildman–Crippen LogP) is 6.07. The van der Waals surface area contributed by atoms with Crippen molar-refractivity contribution in [2.24, 2.45) is 0 Å². The standard InChI is InChI=1S/C35H42N4O4S/c1-5-43-31-9-7-6-8-30(31)38-18-20-39(21-19-38)35(40)29-25-44-34(36-29)24-37(23-28-12-10-26(2)11-13-28)17-16-27-14-15-32(41-3)33(22-27)42-4/h6-15,22,25H,5,16-21,23-24H2,1-4H3. The molecule has 4 aromatic rings. The molecule has 1 aromatic heterocycles. The van der Waals surface area contributed by atoms with Crippen LogP contribution in [-0.4, -0.2) is 74.2 Å². The molecule has 0 saturated carbocycles. The van der Waals surface area contributed by atoms with E-state index < -0.39 is 0 Å². The zero-order chi connectivity index (χ0) is 30.9. The minimum atomic E-state index is 0.000607. The Hall–Kier alpha value is -4.08. The van der Waals surface area contributed by atoms with Gasteiger partial charge in [-0.2, -0.15) is 0 Å². The molecule has 0 spiro atoms. The van der Waals surface area contributed by atoms with Crippen LogP contribution < -0.4 is 19.1 Å². The Balaban J connectivity index is 1.23. The number of hydrogen-bond donors (Lipinski definition) is 0. The Kier molecular flexibility index (Phi) is 10.7. The quantitative estimate of drug-likeness (QED) is 0.181. The maximum Gasteiger partial charge on any atom is 0.273 e. The van der Waals surface area contributed by atoms with Crippen LogP contribution in [-0.2, 0) is 19.5 Å². The lowest BCUT2D eigenvalue weighted by atomic mass is 10.1. The van der Waals surface area contributed by atoms with Crippen molar-refractivity contribution in [2.45, 2.75) is 33.4 Å². The fraction of sp³-hybridized carbons (Fsp3) is 0.371. The number of rotatable bonds is 13. The van der Waals surface area contributed by atoms with E-state index in [1.54, 1.807) is 25.6 Å². The van der Waals surface area contributed by atoms with Gasteiger partial charge in [-0.3, -0.25) is 9.69 Å². The van der Waals surface area contributed by atoms with Crippen molar-refractivity contribution in [3.05, 3.63) is 99.5 Å². The normalized spacial score (nSPS) is 13.3. The highest BCUT2D eigenvalue weighted by Gasteiger charge is 2.25. The van der Waals surface area contributed by atoms with Gasteiger partial charge in [-0.05, 0) is 55.7 Å². The van der Waals surface area contributed by atoms with Gasteiger partial charge in [0.15, 0.2) is 11.5 Å². The SMILES string of the molecule is CCOc1ccccc1N1CCN(C(=O)c2csc(CN(CCc3ccc(OC)c(OC)c3)Cc3ccc(C)cc3)n2)CC1. The zero-order valence-corrected chi connectivity index (χ0v) is 26.9. The van der Waals surface area contributed by atoms with Gasteiger partial charge in [0, 0.05) is 44.6 Å². The van der Waals surface area contributed by atoms with Gasteiger partial charge >= 0.3 is 0 Å². The highest BCUT2D eigenvalue weighted by Crippen LogP contribution is 2.30. The van der Waals surface area contributed by atoms with Crippen LogP contribution in [0.15, 0.2) is 72.1 Å². The number of anilines is 1. The van der Waals surface area contributed by atoms with Crippen LogP contribution in [0.2, 0.25) is 0 Å². The molecule has 232 valence electrons. The van der Waals surface area contributed by atoms with Gasteiger partial charge in [0.25, 0.3) is 5.91 Å². The topological polar surface area (TPSA) is 67.4 Å². The number of methoxy groups -OCH3 is 2. The van der Waals surface area contributed by atoms with E-state index in [1.807, 2.05) is 47.5 Å². The molecule has 2 heterocycles. The smallest absolute Gasteiger partial charge is 0.273 e. The first-order valence-corrected chi connectivity index (χ1v) is 16.0. The second kappa shape index (κ2) is 15.1. The molecule has 0 bridgehead atoms. The molecule has 1 aliphatic rings. The second-order valence-electron chi connectivity index (χ2n) is 10.9. The second-order valence-corrected chi connectivity index (χ2v) is 11.9. The third-order valence-electron chi connectivity index (χ3n) is 7.89. The number of amides is 1. The highest BCUT2D eigenvalue weighted by molar-refractivity contribution is 7.09. The fourth-order valence-corrected chi connectivity index (χ4v) is 6.28. The van der Waals surface area contributed by atoms with Crippen molar-refractivity contribution in [3.63, 3.8) is 0 Å². The van der Waals surface area contributed by atoms with Crippen molar-refractivity contribution in [2.75, 3.05) is 58.5 Å². The Labute approximate surface area is 264 Å². The number of ether oxygens (including phenoxy) is 3. The van der Waals surface area contributed by atoms with Crippen molar-refractivity contribution in [1.82, 2.24) is 14.8 Å². The monoisotopic (exact) mass is 614 g/mol. The minimum Gasteiger partial charge on any atom is -0.493 e. The Morgan fingerprint density at radius 2 is 1.61 bits per heavy atom. The number of piperazine rings is 1. The lowest BCUT2D eigenvalue weighted by molar-refractivity contribution is 0.0741. The van der Waals surface area contributed by atoms with Crippen molar-refractivity contribution < 1.29 is 19.0 Å². The molecule has 1 saturated heterocycles. The third kappa shape index (κ3) is 7.89. The van der Waals surface area contributed by atoms with E-state index in [2.05, 4.69) is 53.1 Å². The van der Waals surface area contributed by atoms with Gasteiger partial charge in [0.2, 0.25) is 0 Å². The number of aryl methyl sites for hydroxylation is 1. The molecule has 9 heteroatoms. The molecular weight excluding hydrogens is 572 g/mol. The molecular formula is C35H42N4O4S. The first kappa shape index (κ1) is 31.3. The maximum atomic E-state index is 13.4. The Bertz CT molecular complexity index is 1520. The number of para-hydroxylation sites is 2. The number of benzene rings is 3. The molecule has 1 aliphatic heterocycles. The molecule has 1 amide bonds. The highest BCUT2D eigenvalue weighted by atomic mass is 32.1. The van der Waals surface area contributed by atoms with Crippen LogP contribution in [0.25, 0.3) is 0 Å². The van der Waals surface area contributed by atoms with Crippen LogP contribution in [0.4, 0.5) is 5.69 Å². The van der Waals surface area contributed by atoms with Gasteiger partial charge in [0.1, 0.15) is 16.5 Å². The van der Waals surface area contributed by atoms with Gasteiger partial charge in [-0.15, -0.1) is 11.3 Å². The van der Waals surface area contributed by atoms with E-state index >= 15 is 0 Å². The number of nitrogens with zero attached hydrogens (tertiary/aromatic N) is 4. The number of carbonyl (C=O) groups excluding carboxylic acids is 1. The average Bonchev–Trinajstić information content (AvgIpc) is 3.53. The lowest BCUT2D eigenvalue weighted by Gasteiger charge is -2.36. The summed E-state index contributed by atoms with van der Waals surface area (Å²) in [6, 6.07) is 22.9. The van der Waals surface area contributed by atoms with E-state index in [9.17, 15) is 4.79 Å². The van der Waals surface area contributed by atoms with Gasteiger partial charge < -0.3 is 24.0 Å². The van der Waals surface area contributed by atoms with Crippen molar-refractivity contribution in [3.8, 4) is 17.2 Å². The Morgan fingerprint density at radius 1 is 0.886 bits per heavy atom. The van der Waals surface area contributed by atoms with E-state index in [0.29, 0.717) is 31.9 Å². The van der Waals surface area contributed by atoms with Crippen molar-refractivity contribution >= 4 is 22.9 Å². The van der Waals surface area contributed by atoms with Crippen LogP contribution in [0, 0.1) is 6.92 Å². The number of aromatic nitrogens is 1. The lowest BCUT2D eigenvalue weighted by Crippen LogP contribution is -2.49. The van der Waals surface area contributed by atoms with Crippen LogP contribution >= 0.6 is 11.3 Å². The van der Waals surface area contributed by atoms with Crippen molar-refractivity contribution in [1.29, 1.82) is 0 Å². The number of hydrogen-bond acceptors (Lipinski definition) is 8. The average molecular weight is 615 g/mol. The molecule has 0 unspecified atom stereocenters. The molecule has 0 aliphatic carbocycles. The molecule has 0 N–H and O–H groups in total. The summed E-state index contributed by atoms with van der Waals surface area (Å²) in [4.78, 5) is 24.9. The van der Waals surface area contributed by atoms with Gasteiger partial charge in [-0.1, -0.05) is 48.0 Å². The number of thiazole rings is 1. The first-order chi connectivity index (χ1) is 21.5. The minimum absolute atomic E-state index is 0.000607. The largest absolute Gasteiger partial charge is 0.493 e. The summed E-state index contributed by atoms with van der Waals surface area (Å²) in [5.41, 5.74) is 5.28. The fourth-order valence-electron chi connectivity index (χ4n) is 5.47. The summed E-state index contributed by atoms with van der Waals surface area (Å²) in [7, 11) is 3.31. The molecule has 5 rings (SSSR count). The van der Waals surface area contributed by atoms with Gasteiger partial charge in [-0.25, -0.2) is 4.98 Å². The summed E-state index contributed by atoms with van der Waals surface area (Å²) < 4.78 is 16.7. The summed E-state index contributed by atoms with van der Waals surface area (Å²) in [5.74, 6) is 2.35. The maximum absolute atomic E-state index is 13.4. The van der Waals surface area contributed by atoms with E-state index in [1.165, 1.54) is 16.7 Å². The van der Waals surface area contributed by atoms with Crippen LogP contribution in [0.5, 0.6) is 17.2 Å². The van der Waals surface area contributed by atoms with Gasteiger partial charge in [0.05, 0.1) is 33.1 Å². The molecule has 0 atom stereocenters. The molecule has 44 heavy (non-hydrogen) atoms. The van der Waals surface area contributed by atoms with Crippen LogP contribution in [0.3, 0.4) is 0 Å². The molecule has 1 fully saturated rings. The summed E-state index contributed by atoms with van der Waals surface area (Å²) in [6.45, 7) is 9.83. The molecule has 0 radical (unpaired) electrons. The van der Waals surface area contributed by atoms with E-state index in [-0.39, 0.29) is 5.91 Å². The predicted molar refractivity (Wildman–Crippen MR) is 176 cm³/mol. The van der Waals surface area contributed by atoms with Crippen LogP contribution in [0.1, 0.15) is 39.1 Å². The third-order valence-corrected chi connectivity index (χ3v) is 8.73. The summed E-state index contributed by atoms with van der Waals surface area (Å²) >= 11 is 1.56. The first-order valence-electron chi connectivity index (χ1n) is 15.2. The summed E-state index contributed by atoms with van der Waals surface area (Å²) in [5, 5.41) is 2.85. The molecule has 8 nitrogen and oxygen atoms in total. The molecule has 3 aromatic carbocycles.